The first-order valence-corrected chi connectivity index (χ1v) is 8.04. The van der Waals surface area contributed by atoms with E-state index in [9.17, 15) is 0 Å². The van der Waals surface area contributed by atoms with E-state index in [0.29, 0.717) is 17.7 Å². The molecule has 0 saturated heterocycles. The highest BCUT2D eigenvalue weighted by atomic mass is 79.9. The summed E-state index contributed by atoms with van der Waals surface area (Å²) in [4.78, 5) is 14.6. The number of anilines is 2. The number of aromatic nitrogens is 3. The molecule has 6 heteroatoms. The molecular formula is C15H18BrClN4. The molecule has 0 unspecified atom stereocenters. The zero-order valence-electron chi connectivity index (χ0n) is 12.6. The number of nitrogens with zero attached hydrogens (tertiary/aromatic N) is 4. The fourth-order valence-electron chi connectivity index (χ4n) is 2.08. The smallest absolute Gasteiger partial charge is 0.234 e. The van der Waals surface area contributed by atoms with Crippen LogP contribution in [0.1, 0.15) is 38.1 Å². The topological polar surface area (TPSA) is 41.9 Å². The molecule has 0 saturated carbocycles. The third-order valence-electron chi connectivity index (χ3n) is 3.19. The minimum absolute atomic E-state index is 0.214. The summed E-state index contributed by atoms with van der Waals surface area (Å²) in [6.45, 7) is 8.94. The minimum Gasteiger partial charge on any atom is -0.310 e. The van der Waals surface area contributed by atoms with Crippen molar-refractivity contribution in [1.29, 1.82) is 0 Å². The second-order valence-corrected chi connectivity index (χ2v) is 6.25. The molecule has 1 aromatic heterocycles. The molecule has 2 aromatic rings. The number of rotatable bonds is 4. The maximum Gasteiger partial charge on any atom is 0.234 e. The summed E-state index contributed by atoms with van der Waals surface area (Å²) in [5.41, 5.74) is 2.30. The van der Waals surface area contributed by atoms with Crippen molar-refractivity contribution in [2.75, 3.05) is 11.4 Å². The summed E-state index contributed by atoms with van der Waals surface area (Å²) < 4.78 is 1.02. The molecule has 0 amide bonds. The maximum absolute atomic E-state index is 5.94. The predicted molar refractivity (Wildman–Crippen MR) is 90.5 cm³/mol. The standard InChI is InChI=1S/C15H18BrClN4/c1-5-21(15-19-10(4)18-14(17)20-15)13-7-6-11(9(2)3)8-12(13)16/h6-9H,5H2,1-4H3. The van der Waals surface area contributed by atoms with Gasteiger partial charge in [-0.25, -0.2) is 4.98 Å². The molecule has 4 nitrogen and oxygen atoms in total. The van der Waals surface area contributed by atoms with Crippen LogP contribution >= 0.6 is 27.5 Å². The average molecular weight is 370 g/mol. The van der Waals surface area contributed by atoms with Gasteiger partial charge in [-0.05, 0) is 65.0 Å². The fraction of sp³-hybridized carbons (Fsp3) is 0.400. The Kier molecular flexibility index (Phi) is 5.17. The van der Waals surface area contributed by atoms with Gasteiger partial charge in [-0.2, -0.15) is 9.97 Å². The van der Waals surface area contributed by atoms with Gasteiger partial charge in [0.25, 0.3) is 0 Å². The van der Waals surface area contributed by atoms with Crippen LogP contribution in [-0.2, 0) is 0 Å². The Hall–Kier alpha value is -1.20. The lowest BCUT2D eigenvalue weighted by atomic mass is 10.0. The summed E-state index contributed by atoms with van der Waals surface area (Å²) in [5.74, 6) is 1.66. The lowest BCUT2D eigenvalue weighted by Gasteiger charge is -2.23. The van der Waals surface area contributed by atoms with E-state index in [-0.39, 0.29) is 5.28 Å². The molecule has 0 N–H and O–H groups in total. The van der Waals surface area contributed by atoms with Crippen molar-refractivity contribution in [1.82, 2.24) is 15.0 Å². The Morgan fingerprint density at radius 3 is 2.48 bits per heavy atom. The van der Waals surface area contributed by atoms with Crippen LogP contribution in [0.25, 0.3) is 0 Å². The largest absolute Gasteiger partial charge is 0.310 e. The van der Waals surface area contributed by atoms with E-state index in [1.807, 2.05) is 11.8 Å². The van der Waals surface area contributed by atoms with Gasteiger partial charge < -0.3 is 4.90 Å². The van der Waals surface area contributed by atoms with E-state index in [1.54, 1.807) is 0 Å². The fourth-order valence-corrected chi connectivity index (χ4v) is 2.89. The van der Waals surface area contributed by atoms with Crippen LogP contribution in [0.4, 0.5) is 11.6 Å². The van der Waals surface area contributed by atoms with E-state index >= 15 is 0 Å². The lowest BCUT2D eigenvalue weighted by molar-refractivity contribution is 0.861. The molecular weight excluding hydrogens is 352 g/mol. The molecule has 0 fully saturated rings. The Morgan fingerprint density at radius 1 is 1.24 bits per heavy atom. The highest BCUT2D eigenvalue weighted by molar-refractivity contribution is 9.10. The van der Waals surface area contributed by atoms with Gasteiger partial charge >= 0.3 is 0 Å². The van der Waals surface area contributed by atoms with Gasteiger partial charge in [0.2, 0.25) is 11.2 Å². The van der Waals surface area contributed by atoms with Crippen molar-refractivity contribution in [3.05, 3.63) is 39.3 Å². The summed E-state index contributed by atoms with van der Waals surface area (Å²) >= 11 is 9.59. The monoisotopic (exact) mass is 368 g/mol. The van der Waals surface area contributed by atoms with Crippen molar-refractivity contribution in [3.8, 4) is 0 Å². The molecule has 1 heterocycles. The molecule has 0 aliphatic heterocycles. The van der Waals surface area contributed by atoms with Crippen molar-refractivity contribution >= 4 is 39.2 Å². The molecule has 0 radical (unpaired) electrons. The Labute approximate surface area is 138 Å². The quantitative estimate of drug-likeness (QED) is 0.770. The summed E-state index contributed by atoms with van der Waals surface area (Å²) in [7, 11) is 0. The highest BCUT2D eigenvalue weighted by Crippen LogP contribution is 2.33. The van der Waals surface area contributed by atoms with Crippen LogP contribution in [0.2, 0.25) is 5.28 Å². The van der Waals surface area contributed by atoms with Gasteiger partial charge in [-0.1, -0.05) is 19.9 Å². The van der Waals surface area contributed by atoms with Crippen molar-refractivity contribution in [3.63, 3.8) is 0 Å². The molecule has 112 valence electrons. The molecule has 1 aromatic carbocycles. The molecule has 0 aliphatic rings. The number of hydrogen-bond donors (Lipinski definition) is 0. The molecule has 0 atom stereocenters. The van der Waals surface area contributed by atoms with Crippen molar-refractivity contribution in [2.24, 2.45) is 0 Å². The first-order valence-electron chi connectivity index (χ1n) is 6.87. The summed E-state index contributed by atoms with van der Waals surface area (Å²) in [6, 6.07) is 6.34. The SMILES string of the molecule is CCN(c1nc(C)nc(Cl)n1)c1ccc(C(C)C)cc1Br. The lowest BCUT2D eigenvalue weighted by Crippen LogP contribution is -2.20. The zero-order chi connectivity index (χ0) is 15.6. The minimum atomic E-state index is 0.214. The highest BCUT2D eigenvalue weighted by Gasteiger charge is 2.16. The van der Waals surface area contributed by atoms with Gasteiger partial charge in [-0.3, -0.25) is 0 Å². The third kappa shape index (κ3) is 3.71. The second-order valence-electron chi connectivity index (χ2n) is 5.06. The van der Waals surface area contributed by atoms with E-state index < -0.39 is 0 Å². The van der Waals surface area contributed by atoms with Gasteiger partial charge in [0.15, 0.2) is 0 Å². The van der Waals surface area contributed by atoms with E-state index in [4.69, 9.17) is 11.6 Å². The van der Waals surface area contributed by atoms with Crippen LogP contribution in [0.5, 0.6) is 0 Å². The molecule has 0 aliphatic carbocycles. The van der Waals surface area contributed by atoms with E-state index in [0.717, 1.165) is 16.7 Å². The zero-order valence-corrected chi connectivity index (χ0v) is 14.9. The van der Waals surface area contributed by atoms with Crippen LogP contribution < -0.4 is 4.90 Å². The number of benzene rings is 1. The van der Waals surface area contributed by atoms with Crippen LogP contribution in [-0.4, -0.2) is 21.5 Å². The van der Waals surface area contributed by atoms with Crippen molar-refractivity contribution in [2.45, 2.75) is 33.6 Å². The molecule has 0 bridgehead atoms. The molecule has 21 heavy (non-hydrogen) atoms. The average Bonchev–Trinajstić information content (AvgIpc) is 2.40. The first kappa shape index (κ1) is 16.2. The van der Waals surface area contributed by atoms with Gasteiger partial charge in [0, 0.05) is 11.0 Å². The second kappa shape index (κ2) is 6.71. The Bertz CT molecular complexity index is 625. The van der Waals surface area contributed by atoms with Crippen molar-refractivity contribution < 1.29 is 0 Å². The van der Waals surface area contributed by atoms with Crippen LogP contribution in [0.3, 0.4) is 0 Å². The predicted octanol–water partition coefficient (Wildman–Crippen LogP) is 4.88. The van der Waals surface area contributed by atoms with E-state index in [1.165, 1.54) is 5.56 Å². The Balaban J connectivity index is 2.46. The first-order chi connectivity index (χ1) is 9.92. The summed E-state index contributed by atoms with van der Waals surface area (Å²) in [5, 5.41) is 0.214. The number of hydrogen-bond acceptors (Lipinski definition) is 4. The summed E-state index contributed by atoms with van der Waals surface area (Å²) in [6.07, 6.45) is 0. The van der Waals surface area contributed by atoms with Crippen LogP contribution in [0.15, 0.2) is 22.7 Å². The third-order valence-corrected chi connectivity index (χ3v) is 4.00. The Morgan fingerprint density at radius 2 is 1.95 bits per heavy atom. The van der Waals surface area contributed by atoms with Gasteiger partial charge in [0.05, 0.1) is 5.69 Å². The number of halogens is 2. The maximum atomic E-state index is 5.94. The molecule has 2 rings (SSSR count). The van der Waals surface area contributed by atoms with Gasteiger partial charge in [0.1, 0.15) is 5.82 Å². The van der Waals surface area contributed by atoms with Gasteiger partial charge in [-0.15, -0.1) is 0 Å². The van der Waals surface area contributed by atoms with E-state index in [2.05, 4.69) is 69.9 Å². The van der Waals surface area contributed by atoms with Crippen LogP contribution in [0, 0.1) is 6.92 Å². The molecule has 0 spiro atoms. The number of aryl methyl sites for hydroxylation is 1. The normalized spacial score (nSPS) is 11.0.